The molecule has 162 valence electrons. The lowest BCUT2D eigenvalue weighted by Gasteiger charge is -2.24. The standard InChI is InChI=1S/C23H30N2O4S/c1-3-16-12(2)30-22(19(16)21(27)24-15-7-5-4-6-8-15)25-20(26)17-13-9-10-14(11-13)18(17)23(28)29/h9-10,13-15,17-18H,3-8,11H2,1-2H3,(H,24,27)(H,25,26)(H,28,29)/t13-,14+,17-,18+/m1/s1. The number of hydrogen-bond donors (Lipinski definition) is 3. The van der Waals surface area contributed by atoms with Crippen molar-refractivity contribution in [3.63, 3.8) is 0 Å². The van der Waals surface area contributed by atoms with E-state index < -0.39 is 17.8 Å². The second kappa shape index (κ2) is 8.53. The van der Waals surface area contributed by atoms with Crippen LogP contribution >= 0.6 is 11.3 Å². The van der Waals surface area contributed by atoms with Crippen molar-refractivity contribution in [2.24, 2.45) is 23.7 Å². The molecule has 0 saturated heterocycles. The van der Waals surface area contributed by atoms with E-state index in [0.717, 1.165) is 36.1 Å². The number of rotatable bonds is 6. The number of amides is 2. The fourth-order valence-electron chi connectivity index (χ4n) is 5.55. The van der Waals surface area contributed by atoms with Gasteiger partial charge in [-0.25, -0.2) is 0 Å². The molecule has 0 unspecified atom stereocenters. The molecule has 3 aliphatic carbocycles. The van der Waals surface area contributed by atoms with E-state index in [1.54, 1.807) is 0 Å². The van der Waals surface area contributed by atoms with Crippen LogP contribution in [0.25, 0.3) is 0 Å². The first-order chi connectivity index (χ1) is 14.4. The summed E-state index contributed by atoms with van der Waals surface area (Å²) in [5.74, 6) is -2.71. The maximum atomic E-state index is 13.2. The highest BCUT2D eigenvalue weighted by molar-refractivity contribution is 7.16. The van der Waals surface area contributed by atoms with E-state index in [1.165, 1.54) is 17.8 Å². The first-order valence-electron chi connectivity index (χ1n) is 11.1. The number of aliphatic carboxylic acids is 1. The zero-order chi connectivity index (χ0) is 21.4. The van der Waals surface area contributed by atoms with Gasteiger partial charge in [-0.2, -0.15) is 0 Å². The summed E-state index contributed by atoms with van der Waals surface area (Å²) in [6.45, 7) is 3.98. The minimum Gasteiger partial charge on any atom is -0.481 e. The van der Waals surface area contributed by atoms with Gasteiger partial charge >= 0.3 is 5.97 Å². The van der Waals surface area contributed by atoms with E-state index >= 15 is 0 Å². The van der Waals surface area contributed by atoms with Gasteiger partial charge in [-0.3, -0.25) is 14.4 Å². The number of nitrogens with one attached hydrogen (secondary N) is 2. The van der Waals surface area contributed by atoms with Gasteiger partial charge in [0.1, 0.15) is 5.00 Å². The molecule has 2 bridgehead atoms. The first kappa shape index (κ1) is 21.1. The summed E-state index contributed by atoms with van der Waals surface area (Å²) in [6, 6.07) is 0.187. The maximum absolute atomic E-state index is 13.2. The lowest BCUT2D eigenvalue weighted by Crippen LogP contribution is -2.38. The van der Waals surface area contributed by atoms with Crippen LogP contribution in [0.5, 0.6) is 0 Å². The smallest absolute Gasteiger partial charge is 0.307 e. The van der Waals surface area contributed by atoms with Crippen molar-refractivity contribution in [2.45, 2.75) is 64.8 Å². The largest absolute Gasteiger partial charge is 0.481 e. The van der Waals surface area contributed by atoms with Crippen LogP contribution in [0.3, 0.4) is 0 Å². The molecule has 1 heterocycles. The lowest BCUT2D eigenvalue weighted by atomic mass is 9.82. The normalized spacial score (nSPS) is 27.9. The number of carbonyl (C=O) groups is 3. The summed E-state index contributed by atoms with van der Waals surface area (Å²) in [5.41, 5.74) is 1.52. The van der Waals surface area contributed by atoms with E-state index in [2.05, 4.69) is 10.6 Å². The fraction of sp³-hybridized carbons (Fsp3) is 0.609. The van der Waals surface area contributed by atoms with Crippen LogP contribution in [0, 0.1) is 30.6 Å². The summed E-state index contributed by atoms with van der Waals surface area (Å²) < 4.78 is 0. The van der Waals surface area contributed by atoms with Crippen LogP contribution < -0.4 is 10.6 Å². The van der Waals surface area contributed by atoms with Gasteiger partial charge in [-0.05, 0) is 50.0 Å². The van der Waals surface area contributed by atoms with E-state index in [9.17, 15) is 19.5 Å². The van der Waals surface area contributed by atoms with Gasteiger partial charge in [0, 0.05) is 10.9 Å². The predicted octanol–water partition coefficient (Wildman–Crippen LogP) is 4.14. The topological polar surface area (TPSA) is 95.5 Å². The molecular weight excluding hydrogens is 400 g/mol. The zero-order valence-electron chi connectivity index (χ0n) is 17.6. The number of carboxylic acid groups (broad SMARTS) is 1. The van der Waals surface area contributed by atoms with Gasteiger partial charge in [0.05, 0.1) is 17.4 Å². The summed E-state index contributed by atoms with van der Waals surface area (Å²) >= 11 is 1.41. The van der Waals surface area contributed by atoms with Gasteiger partial charge in [0.2, 0.25) is 5.91 Å². The Morgan fingerprint density at radius 3 is 2.40 bits per heavy atom. The van der Waals surface area contributed by atoms with E-state index in [0.29, 0.717) is 23.4 Å². The highest BCUT2D eigenvalue weighted by atomic mass is 32.1. The van der Waals surface area contributed by atoms with Gasteiger partial charge in [-0.1, -0.05) is 38.3 Å². The number of aryl methyl sites for hydroxylation is 1. The lowest BCUT2D eigenvalue weighted by molar-refractivity contribution is -0.146. The summed E-state index contributed by atoms with van der Waals surface area (Å²) in [7, 11) is 0. The highest BCUT2D eigenvalue weighted by Crippen LogP contribution is 2.49. The van der Waals surface area contributed by atoms with Crippen LogP contribution in [0.15, 0.2) is 12.2 Å². The van der Waals surface area contributed by atoms with E-state index in [4.69, 9.17) is 0 Å². The Balaban J connectivity index is 1.56. The zero-order valence-corrected chi connectivity index (χ0v) is 18.4. The molecule has 0 aliphatic heterocycles. The molecule has 7 heteroatoms. The van der Waals surface area contributed by atoms with Crippen LogP contribution in [0.1, 0.15) is 66.2 Å². The van der Waals surface area contributed by atoms with Crippen molar-refractivity contribution in [3.05, 3.63) is 28.2 Å². The molecular formula is C23H30N2O4S. The third-order valence-electron chi connectivity index (χ3n) is 7.01. The van der Waals surface area contributed by atoms with Crippen molar-refractivity contribution in [3.8, 4) is 0 Å². The number of hydrogen-bond acceptors (Lipinski definition) is 4. The quantitative estimate of drug-likeness (QED) is 0.591. The number of fused-ring (bicyclic) bond motifs is 2. The van der Waals surface area contributed by atoms with Gasteiger partial charge < -0.3 is 15.7 Å². The first-order valence-corrected chi connectivity index (χ1v) is 11.9. The molecule has 1 aromatic rings. The van der Waals surface area contributed by atoms with Gasteiger partial charge in [-0.15, -0.1) is 11.3 Å². The Morgan fingerprint density at radius 1 is 1.10 bits per heavy atom. The highest BCUT2D eigenvalue weighted by Gasteiger charge is 2.51. The van der Waals surface area contributed by atoms with Crippen molar-refractivity contribution in [1.82, 2.24) is 5.32 Å². The average molecular weight is 431 g/mol. The molecule has 2 amide bonds. The molecule has 4 atom stereocenters. The number of carboxylic acids is 1. The van der Waals surface area contributed by atoms with Crippen LogP contribution in [-0.4, -0.2) is 28.9 Å². The predicted molar refractivity (Wildman–Crippen MR) is 117 cm³/mol. The molecule has 2 fully saturated rings. The van der Waals surface area contributed by atoms with E-state index in [-0.39, 0.29) is 29.7 Å². The molecule has 0 radical (unpaired) electrons. The summed E-state index contributed by atoms with van der Waals surface area (Å²) in [6.07, 6.45) is 10.8. The molecule has 3 N–H and O–H groups in total. The Labute approximate surface area is 181 Å². The molecule has 30 heavy (non-hydrogen) atoms. The average Bonchev–Trinajstić information content (AvgIpc) is 3.41. The second-order valence-electron chi connectivity index (χ2n) is 8.83. The van der Waals surface area contributed by atoms with Crippen LogP contribution in [0.2, 0.25) is 0 Å². The van der Waals surface area contributed by atoms with Gasteiger partial charge in [0.25, 0.3) is 5.91 Å². The number of carbonyl (C=O) groups excluding carboxylic acids is 2. The van der Waals surface area contributed by atoms with Gasteiger partial charge in [0.15, 0.2) is 0 Å². The molecule has 4 rings (SSSR count). The monoisotopic (exact) mass is 430 g/mol. The second-order valence-corrected chi connectivity index (χ2v) is 10.1. The SMILES string of the molecule is CCc1c(C)sc(NC(=O)[C@H]2[C@@H](C(=O)O)[C@H]3C=C[C@@H]2C3)c1C(=O)NC1CCCCC1. The number of thiophene rings is 1. The minimum atomic E-state index is -0.918. The molecule has 6 nitrogen and oxygen atoms in total. The minimum absolute atomic E-state index is 0.0395. The van der Waals surface area contributed by atoms with Crippen LogP contribution in [0.4, 0.5) is 5.00 Å². The molecule has 3 aliphatic rings. The Hall–Kier alpha value is -2.15. The van der Waals surface area contributed by atoms with Crippen molar-refractivity contribution in [1.29, 1.82) is 0 Å². The molecule has 2 saturated carbocycles. The third kappa shape index (κ3) is 3.80. The summed E-state index contributed by atoms with van der Waals surface area (Å²) in [4.78, 5) is 39.1. The van der Waals surface area contributed by atoms with Crippen molar-refractivity contribution >= 4 is 34.1 Å². The molecule has 0 aromatic carbocycles. The van der Waals surface area contributed by atoms with Crippen molar-refractivity contribution in [2.75, 3.05) is 5.32 Å². The Kier molecular flexibility index (Phi) is 6.00. The van der Waals surface area contributed by atoms with Crippen molar-refractivity contribution < 1.29 is 19.5 Å². The Morgan fingerprint density at radius 2 is 1.77 bits per heavy atom. The van der Waals surface area contributed by atoms with E-state index in [1.807, 2.05) is 26.0 Å². The third-order valence-corrected chi connectivity index (χ3v) is 8.08. The summed E-state index contributed by atoms with van der Waals surface area (Å²) in [5, 5.41) is 16.3. The molecule has 1 aromatic heterocycles. The molecule has 0 spiro atoms. The maximum Gasteiger partial charge on any atom is 0.307 e. The number of allylic oxidation sites excluding steroid dienone is 2. The fourth-order valence-corrected chi connectivity index (χ4v) is 6.69. The number of anilines is 1. The van der Waals surface area contributed by atoms with Crippen LogP contribution in [-0.2, 0) is 16.0 Å². The Bertz CT molecular complexity index is 884.